The summed E-state index contributed by atoms with van der Waals surface area (Å²) in [4.78, 5) is 11.3. The number of hydrogen-bond acceptors (Lipinski definition) is 4. The molecule has 0 rings (SSSR count). The molecule has 0 aliphatic heterocycles. The van der Waals surface area contributed by atoms with Crippen molar-refractivity contribution in [2.75, 3.05) is 20.2 Å². The first-order valence-corrected chi connectivity index (χ1v) is 4.61. The Balaban J connectivity index is 3.75. The topological polar surface area (TPSA) is 84.6 Å². The molecule has 0 aliphatic rings. The number of methoxy groups -OCH3 is 1. The Bertz CT molecular complexity index is 173. The van der Waals surface area contributed by atoms with Gasteiger partial charge in [0.2, 0.25) is 5.91 Å². The van der Waals surface area contributed by atoms with Crippen molar-refractivity contribution in [2.45, 2.75) is 32.0 Å². The highest BCUT2D eigenvalue weighted by Crippen LogP contribution is 1.99. The molecule has 0 fully saturated rings. The summed E-state index contributed by atoms with van der Waals surface area (Å²) in [7, 11) is 1.51. The van der Waals surface area contributed by atoms with Crippen LogP contribution >= 0.6 is 0 Å². The number of carbonyl (C=O) groups is 1. The molecule has 5 heteroatoms. The smallest absolute Gasteiger partial charge is 0.222 e. The van der Waals surface area contributed by atoms with Crippen LogP contribution in [-0.2, 0) is 9.53 Å². The normalized spacial score (nSPS) is 13.8. The third-order valence-corrected chi connectivity index (χ3v) is 1.73. The van der Waals surface area contributed by atoms with Gasteiger partial charge in [-0.05, 0) is 13.8 Å². The van der Waals surface area contributed by atoms with Crippen LogP contribution in [0.5, 0.6) is 0 Å². The molecule has 84 valence electrons. The fourth-order valence-electron chi connectivity index (χ4n) is 0.857. The van der Waals surface area contributed by atoms with E-state index in [1.165, 1.54) is 7.11 Å². The Morgan fingerprint density at radius 3 is 2.57 bits per heavy atom. The zero-order valence-electron chi connectivity index (χ0n) is 9.04. The number of hydrogen-bond donors (Lipinski definition) is 3. The van der Waals surface area contributed by atoms with E-state index in [0.717, 1.165) is 0 Å². The summed E-state index contributed by atoms with van der Waals surface area (Å²) >= 11 is 0. The van der Waals surface area contributed by atoms with Gasteiger partial charge in [0, 0.05) is 20.2 Å². The van der Waals surface area contributed by atoms with Crippen molar-refractivity contribution in [2.24, 2.45) is 5.73 Å². The average Bonchev–Trinajstić information content (AvgIpc) is 2.09. The van der Waals surface area contributed by atoms with Crippen LogP contribution in [0.3, 0.4) is 0 Å². The van der Waals surface area contributed by atoms with Crippen LogP contribution < -0.4 is 11.1 Å². The minimum atomic E-state index is -0.888. The van der Waals surface area contributed by atoms with E-state index < -0.39 is 5.60 Å². The average molecular weight is 204 g/mol. The molecule has 0 saturated heterocycles. The van der Waals surface area contributed by atoms with Gasteiger partial charge in [0.25, 0.3) is 0 Å². The minimum absolute atomic E-state index is 0.163. The standard InChI is InChI=1S/C9H20N2O3/c1-9(2,13)6-11-8(12)4-7(5-10)14-3/h7,13H,4-6,10H2,1-3H3,(H,11,12). The Kier molecular flexibility index (Phi) is 5.68. The molecule has 0 bridgehead atoms. The van der Waals surface area contributed by atoms with Crippen LogP contribution in [0.2, 0.25) is 0 Å². The second-order valence-electron chi connectivity index (χ2n) is 3.89. The van der Waals surface area contributed by atoms with Crippen molar-refractivity contribution >= 4 is 5.91 Å². The lowest BCUT2D eigenvalue weighted by Crippen LogP contribution is -2.40. The molecule has 14 heavy (non-hydrogen) atoms. The van der Waals surface area contributed by atoms with Crippen LogP contribution in [0, 0.1) is 0 Å². The molecular formula is C9H20N2O3. The minimum Gasteiger partial charge on any atom is -0.389 e. The van der Waals surface area contributed by atoms with Gasteiger partial charge in [0.05, 0.1) is 18.1 Å². The van der Waals surface area contributed by atoms with Gasteiger partial charge in [-0.15, -0.1) is 0 Å². The van der Waals surface area contributed by atoms with Crippen LogP contribution in [0.4, 0.5) is 0 Å². The highest BCUT2D eigenvalue weighted by Gasteiger charge is 2.16. The van der Waals surface area contributed by atoms with E-state index in [9.17, 15) is 9.90 Å². The molecule has 0 heterocycles. The Labute approximate surface area is 84.6 Å². The molecule has 1 amide bonds. The Morgan fingerprint density at radius 1 is 1.64 bits per heavy atom. The predicted molar refractivity (Wildman–Crippen MR) is 53.8 cm³/mol. The summed E-state index contributed by atoms with van der Waals surface area (Å²) < 4.78 is 4.95. The van der Waals surface area contributed by atoms with Crippen molar-refractivity contribution < 1.29 is 14.6 Å². The van der Waals surface area contributed by atoms with E-state index >= 15 is 0 Å². The third-order valence-electron chi connectivity index (χ3n) is 1.73. The van der Waals surface area contributed by atoms with Crippen molar-refractivity contribution in [3.63, 3.8) is 0 Å². The van der Waals surface area contributed by atoms with E-state index in [-0.39, 0.29) is 25.0 Å². The van der Waals surface area contributed by atoms with Gasteiger partial charge < -0.3 is 20.9 Å². The van der Waals surface area contributed by atoms with Crippen LogP contribution in [0.25, 0.3) is 0 Å². The summed E-state index contributed by atoms with van der Waals surface area (Å²) in [6.45, 7) is 3.80. The van der Waals surface area contributed by atoms with Gasteiger partial charge in [0.1, 0.15) is 0 Å². The number of carbonyl (C=O) groups excluding carboxylic acids is 1. The molecule has 0 saturated carbocycles. The van der Waals surface area contributed by atoms with Gasteiger partial charge in [-0.25, -0.2) is 0 Å². The van der Waals surface area contributed by atoms with Crippen LogP contribution in [0.1, 0.15) is 20.3 Å². The molecule has 0 aromatic carbocycles. The number of ether oxygens (including phenoxy) is 1. The summed E-state index contributed by atoms with van der Waals surface area (Å²) in [5, 5.41) is 11.9. The van der Waals surface area contributed by atoms with Crippen molar-refractivity contribution in [1.82, 2.24) is 5.32 Å². The first-order chi connectivity index (χ1) is 6.39. The first-order valence-electron chi connectivity index (χ1n) is 4.61. The number of aliphatic hydroxyl groups is 1. The van der Waals surface area contributed by atoms with Gasteiger partial charge in [-0.3, -0.25) is 4.79 Å². The highest BCUT2D eigenvalue weighted by atomic mass is 16.5. The predicted octanol–water partition coefficient (Wildman–Crippen LogP) is -0.763. The molecule has 0 aromatic heterocycles. The van der Waals surface area contributed by atoms with Gasteiger partial charge in [-0.1, -0.05) is 0 Å². The SMILES string of the molecule is COC(CN)CC(=O)NCC(C)(C)O. The van der Waals surface area contributed by atoms with Crippen LogP contribution in [-0.4, -0.2) is 42.9 Å². The number of rotatable bonds is 6. The fourth-order valence-corrected chi connectivity index (χ4v) is 0.857. The fraction of sp³-hybridized carbons (Fsp3) is 0.889. The van der Waals surface area contributed by atoms with Crippen molar-refractivity contribution in [1.29, 1.82) is 0 Å². The van der Waals surface area contributed by atoms with E-state index in [2.05, 4.69) is 5.32 Å². The lowest BCUT2D eigenvalue weighted by Gasteiger charge is -2.19. The molecule has 0 radical (unpaired) electrons. The van der Waals surface area contributed by atoms with Crippen LogP contribution in [0.15, 0.2) is 0 Å². The number of nitrogens with one attached hydrogen (secondary N) is 1. The van der Waals surface area contributed by atoms with E-state index in [0.29, 0.717) is 6.54 Å². The summed E-state index contributed by atoms with van der Waals surface area (Å²) in [5.41, 5.74) is 4.47. The maximum atomic E-state index is 11.3. The van der Waals surface area contributed by atoms with E-state index in [1.807, 2.05) is 0 Å². The lowest BCUT2D eigenvalue weighted by atomic mass is 10.1. The Morgan fingerprint density at radius 2 is 2.21 bits per heavy atom. The molecular weight excluding hydrogens is 184 g/mol. The molecule has 4 N–H and O–H groups in total. The number of amides is 1. The molecule has 1 atom stereocenters. The molecule has 0 aromatic rings. The zero-order valence-corrected chi connectivity index (χ0v) is 9.04. The summed E-state index contributed by atoms with van der Waals surface area (Å²) in [6, 6.07) is 0. The molecule has 5 nitrogen and oxygen atoms in total. The third kappa shape index (κ3) is 6.82. The second kappa shape index (κ2) is 5.95. The zero-order chi connectivity index (χ0) is 11.2. The maximum absolute atomic E-state index is 11.3. The van der Waals surface area contributed by atoms with Crippen molar-refractivity contribution in [3.8, 4) is 0 Å². The largest absolute Gasteiger partial charge is 0.389 e. The lowest BCUT2D eigenvalue weighted by molar-refractivity contribution is -0.124. The highest BCUT2D eigenvalue weighted by molar-refractivity contribution is 5.76. The summed E-state index contributed by atoms with van der Waals surface area (Å²) in [6.07, 6.45) is -0.0277. The molecule has 0 aliphatic carbocycles. The monoisotopic (exact) mass is 204 g/mol. The Hall–Kier alpha value is -0.650. The quantitative estimate of drug-likeness (QED) is 0.531. The summed E-state index contributed by atoms with van der Waals surface area (Å²) in [5.74, 6) is -0.163. The second-order valence-corrected chi connectivity index (χ2v) is 3.89. The van der Waals surface area contributed by atoms with E-state index in [1.54, 1.807) is 13.8 Å². The molecule has 0 spiro atoms. The maximum Gasteiger partial charge on any atom is 0.222 e. The van der Waals surface area contributed by atoms with E-state index in [4.69, 9.17) is 10.5 Å². The van der Waals surface area contributed by atoms with Gasteiger partial charge in [0.15, 0.2) is 0 Å². The van der Waals surface area contributed by atoms with Gasteiger partial charge >= 0.3 is 0 Å². The van der Waals surface area contributed by atoms with Gasteiger partial charge in [-0.2, -0.15) is 0 Å². The number of nitrogens with two attached hydrogens (primary N) is 1. The van der Waals surface area contributed by atoms with Crippen molar-refractivity contribution in [3.05, 3.63) is 0 Å². The molecule has 1 unspecified atom stereocenters. The first kappa shape index (κ1) is 13.4.